The van der Waals surface area contributed by atoms with Gasteiger partial charge in [-0.15, -0.1) is 0 Å². The first-order valence-corrected chi connectivity index (χ1v) is 8.15. The van der Waals surface area contributed by atoms with Crippen LogP contribution in [-0.2, 0) is 0 Å². The molecule has 130 valence electrons. The summed E-state index contributed by atoms with van der Waals surface area (Å²) in [6, 6.07) is 2.37. The van der Waals surface area contributed by atoms with Gasteiger partial charge in [-0.3, -0.25) is 9.69 Å². The van der Waals surface area contributed by atoms with E-state index in [1.165, 1.54) is 6.07 Å². The Hall–Kier alpha value is -1.81. The highest BCUT2D eigenvalue weighted by atomic mass is 19.2. The summed E-state index contributed by atoms with van der Waals surface area (Å²) in [6.07, 6.45) is 1.62. The zero-order valence-corrected chi connectivity index (χ0v) is 13.0. The summed E-state index contributed by atoms with van der Waals surface area (Å²) in [4.78, 5) is 14.5. The average Bonchev–Trinajstić information content (AvgIpc) is 3.12. The summed E-state index contributed by atoms with van der Waals surface area (Å²) >= 11 is 0. The van der Waals surface area contributed by atoms with Crippen molar-refractivity contribution in [2.24, 2.45) is 0 Å². The molecule has 1 aromatic rings. The maximum absolute atomic E-state index is 13.8. The molecule has 1 aromatic carbocycles. The fourth-order valence-electron chi connectivity index (χ4n) is 3.51. The standard InChI is InChI=1S/C15H20F2N6O/c16-8-1-2-9-12(13(8)17)15(24)20-14(19-9)10-3-4-11(22-21-10)23-6-5-18-7-23/h1-2,10-11,14,18-19,21-22H,3-7H2,(H,20,24). The average molecular weight is 338 g/mol. The predicted molar refractivity (Wildman–Crippen MR) is 83.9 cm³/mol. The Balaban J connectivity index is 1.43. The van der Waals surface area contributed by atoms with Crippen LogP contribution in [0.4, 0.5) is 14.5 Å². The predicted octanol–water partition coefficient (Wildman–Crippen LogP) is -0.108. The number of rotatable bonds is 2. The van der Waals surface area contributed by atoms with Gasteiger partial charge >= 0.3 is 0 Å². The molecular weight excluding hydrogens is 318 g/mol. The molecule has 5 N–H and O–H groups in total. The minimum atomic E-state index is -1.12. The van der Waals surface area contributed by atoms with Gasteiger partial charge < -0.3 is 16.0 Å². The van der Waals surface area contributed by atoms with Crippen molar-refractivity contribution in [3.05, 3.63) is 29.3 Å². The van der Waals surface area contributed by atoms with Crippen molar-refractivity contribution in [2.45, 2.75) is 31.2 Å². The Bertz CT molecular complexity index is 643. The third-order valence-electron chi connectivity index (χ3n) is 4.84. The minimum Gasteiger partial charge on any atom is -0.363 e. The monoisotopic (exact) mass is 338 g/mol. The first-order chi connectivity index (χ1) is 11.6. The van der Waals surface area contributed by atoms with Crippen LogP contribution in [0.25, 0.3) is 0 Å². The van der Waals surface area contributed by atoms with Gasteiger partial charge in [0.2, 0.25) is 0 Å². The maximum Gasteiger partial charge on any atom is 0.258 e. The Kier molecular flexibility index (Phi) is 4.09. The van der Waals surface area contributed by atoms with E-state index in [9.17, 15) is 13.6 Å². The van der Waals surface area contributed by atoms with Crippen molar-refractivity contribution in [1.29, 1.82) is 0 Å². The minimum absolute atomic E-state index is 0.0537. The van der Waals surface area contributed by atoms with Gasteiger partial charge in [0.15, 0.2) is 11.6 Å². The molecule has 3 aliphatic heterocycles. The van der Waals surface area contributed by atoms with Crippen LogP contribution in [0.5, 0.6) is 0 Å². The molecule has 0 spiro atoms. The Labute approximate surface area is 138 Å². The SMILES string of the molecule is O=C1NC(C2CCC(N3CCNC3)NN2)Nc2ccc(F)c(F)c21. The van der Waals surface area contributed by atoms with Crippen LogP contribution < -0.4 is 26.8 Å². The number of benzene rings is 1. The Morgan fingerprint density at radius 3 is 2.71 bits per heavy atom. The van der Waals surface area contributed by atoms with Gasteiger partial charge in [-0.05, 0) is 25.0 Å². The van der Waals surface area contributed by atoms with Crippen molar-refractivity contribution < 1.29 is 13.6 Å². The number of fused-ring (bicyclic) bond motifs is 1. The van der Waals surface area contributed by atoms with E-state index in [0.717, 1.165) is 38.7 Å². The summed E-state index contributed by atoms with van der Waals surface area (Å²) in [5.41, 5.74) is 6.55. The lowest BCUT2D eigenvalue weighted by Gasteiger charge is -2.40. The number of anilines is 1. The quantitative estimate of drug-likeness (QED) is 0.518. The first kappa shape index (κ1) is 15.7. The van der Waals surface area contributed by atoms with Gasteiger partial charge in [0.1, 0.15) is 11.7 Å². The van der Waals surface area contributed by atoms with E-state index in [1.807, 2.05) is 0 Å². The molecule has 0 saturated carbocycles. The molecule has 1 amide bonds. The normalized spacial score (nSPS) is 30.6. The highest BCUT2D eigenvalue weighted by Gasteiger charge is 2.35. The van der Waals surface area contributed by atoms with Gasteiger partial charge in [0, 0.05) is 19.8 Å². The van der Waals surface area contributed by atoms with Crippen LogP contribution in [-0.4, -0.2) is 48.9 Å². The number of halogens is 2. The van der Waals surface area contributed by atoms with E-state index in [-0.39, 0.29) is 23.9 Å². The number of hydrogen-bond acceptors (Lipinski definition) is 6. The van der Waals surface area contributed by atoms with E-state index in [1.54, 1.807) is 0 Å². The Morgan fingerprint density at radius 1 is 1.12 bits per heavy atom. The molecule has 24 heavy (non-hydrogen) atoms. The van der Waals surface area contributed by atoms with E-state index < -0.39 is 17.5 Å². The zero-order chi connectivity index (χ0) is 16.7. The second kappa shape index (κ2) is 6.25. The zero-order valence-electron chi connectivity index (χ0n) is 13.0. The number of carbonyl (C=O) groups excluding carboxylic acids is 1. The summed E-state index contributed by atoms with van der Waals surface area (Å²) < 4.78 is 27.1. The molecular formula is C15H20F2N6O. The van der Waals surface area contributed by atoms with Crippen molar-refractivity contribution >= 4 is 11.6 Å². The van der Waals surface area contributed by atoms with E-state index >= 15 is 0 Å². The lowest BCUT2D eigenvalue weighted by atomic mass is 10.0. The van der Waals surface area contributed by atoms with Crippen LogP contribution in [0.2, 0.25) is 0 Å². The van der Waals surface area contributed by atoms with Crippen molar-refractivity contribution in [1.82, 2.24) is 26.4 Å². The summed E-state index contributed by atoms with van der Waals surface area (Å²) in [7, 11) is 0. The number of amides is 1. The third-order valence-corrected chi connectivity index (χ3v) is 4.84. The number of nitrogens with zero attached hydrogens (tertiary/aromatic N) is 1. The molecule has 0 radical (unpaired) electrons. The molecule has 3 atom stereocenters. The second-order valence-corrected chi connectivity index (χ2v) is 6.34. The van der Waals surface area contributed by atoms with Crippen LogP contribution in [0, 0.1) is 11.6 Å². The Morgan fingerprint density at radius 2 is 2.00 bits per heavy atom. The fraction of sp³-hybridized carbons (Fsp3) is 0.533. The number of nitrogens with one attached hydrogen (secondary N) is 5. The molecule has 2 saturated heterocycles. The van der Waals surface area contributed by atoms with Crippen LogP contribution in [0.3, 0.4) is 0 Å². The van der Waals surface area contributed by atoms with Gasteiger partial charge in [-0.1, -0.05) is 0 Å². The van der Waals surface area contributed by atoms with Crippen molar-refractivity contribution in [3.63, 3.8) is 0 Å². The van der Waals surface area contributed by atoms with Crippen molar-refractivity contribution in [3.8, 4) is 0 Å². The lowest BCUT2D eigenvalue weighted by Crippen LogP contribution is -2.65. The second-order valence-electron chi connectivity index (χ2n) is 6.34. The maximum atomic E-state index is 13.8. The summed E-state index contributed by atoms with van der Waals surface area (Å²) in [5, 5.41) is 9.09. The van der Waals surface area contributed by atoms with Gasteiger partial charge in [-0.25, -0.2) is 19.6 Å². The topological polar surface area (TPSA) is 80.5 Å². The van der Waals surface area contributed by atoms with Crippen LogP contribution >= 0.6 is 0 Å². The fourth-order valence-corrected chi connectivity index (χ4v) is 3.51. The smallest absolute Gasteiger partial charge is 0.258 e. The molecule has 7 nitrogen and oxygen atoms in total. The molecule has 3 unspecified atom stereocenters. The van der Waals surface area contributed by atoms with Crippen LogP contribution in [0.15, 0.2) is 12.1 Å². The molecule has 2 fully saturated rings. The van der Waals surface area contributed by atoms with Crippen molar-refractivity contribution in [2.75, 3.05) is 25.1 Å². The number of carbonyl (C=O) groups is 1. The summed E-state index contributed by atoms with van der Waals surface area (Å²) in [6.45, 7) is 2.85. The molecule has 0 bridgehead atoms. The van der Waals surface area contributed by atoms with Gasteiger partial charge in [-0.2, -0.15) is 0 Å². The van der Waals surface area contributed by atoms with E-state index in [0.29, 0.717) is 5.69 Å². The molecule has 3 heterocycles. The molecule has 0 aromatic heterocycles. The van der Waals surface area contributed by atoms with Gasteiger partial charge in [0.05, 0.1) is 17.9 Å². The molecule has 0 aliphatic carbocycles. The highest BCUT2D eigenvalue weighted by molar-refractivity contribution is 6.02. The van der Waals surface area contributed by atoms with Crippen LogP contribution in [0.1, 0.15) is 23.2 Å². The third kappa shape index (κ3) is 2.73. The molecule has 9 heteroatoms. The van der Waals surface area contributed by atoms with Gasteiger partial charge in [0.25, 0.3) is 5.91 Å². The number of hydrogen-bond donors (Lipinski definition) is 5. The van der Waals surface area contributed by atoms with E-state index in [2.05, 4.69) is 31.7 Å². The lowest BCUT2D eigenvalue weighted by molar-refractivity contribution is 0.0875. The largest absolute Gasteiger partial charge is 0.363 e. The number of hydrazine groups is 1. The summed E-state index contributed by atoms with van der Waals surface area (Å²) in [5.74, 6) is -2.74. The highest BCUT2D eigenvalue weighted by Crippen LogP contribution is 2.26. The molecule has 3 aliphatic rings. The van der Waals surface area contributed by atoms with E-state index in [4.69, 9.17) is 0 Å². The molecule has 4 rings (SSSR count). The first-order valence-electron chi connectivity index (χ1n) is 8.15.